The minimum Gasteiger partial charge on any atom is -0.494 e. The third-order valence-electron chi connectivity index (χ3n) is 4.96. The Morgan fingerprint density at radius 2 is 1.59 bits per heavy atom. The number of aliphatic hydroxyl groups excluding tert-OH is 1. The van der Waals surface area contributed by atoms with Crippen LogP contribution in [0.15, 0.2) is 46.5 Å². The van der Waals surface area contributed by atoms with Gasteiger partial charge in [0, 0.05) is 12.3 Å². The lowest BCUT2D eigenvalue weighted by molar-refractivity contribution is -0.123. The first kappa shape index (κ1) is 23.2. The van der Waals surface area contributed by atoms with E-state index in [9.17, 15) is 9.90 Å². The molecular weight excluding hydrogens is 340 g/mol. The van der Waals surface area contributed by atoms with Gasteiger partial charge in [0.1, 0.15) is 6.10 Å². The largest absolute Gasteiger partial charge is 0.494 e. The van der Waals surface area contributed by atoms with Crippen molar-refractivity contribution < 1.29 is 19.4 Å². The minimum absolute atomic E-state index is 0.106. The molecule has 2 unspecified atom stereocenters. The Kier molecular flexibility index (Phi) is 10.2. The average Bonchev–Trinajstić information content (AvgIpc) is 2.61. The molecule has 0 amide bonds. The van der Waals surface area contributed by atoms with Crippen LogP contribution in [0.3, 0.4) is 0 Å². The molecule has 0 aromatic heterocycles. The summed E-state index contributed by atoms with van der Waals surface area (Å²) >= 11 is 0. The number of carbonyl (C=O) groups excluding carboxylic acids is 1. The fourth-order valence-electron chi connectivity index (χ4n) is 3.26. The van der Waals surface area contributed by atoms with Crippen LogP contribution in [0.25, 0.3) is 0 Å². The molecule has 0 aromatic rings. The molecule has 1 rings (SSSR count). The molecule has 0 spiro atoms. The first-order valence-electron chi connectivity index (χ1n) is 9.78. The Hall–Kier alpha value is -1.81. The Morgan fingerprint density at radius 3 is 2.15 bits per heavy atom. The molecule has 1 aliphatic carbocycles. The highest BCUT2D eigenvalue weighted by Crippen LogP contribution is 2.31. The lowest BCUT2D eigenvalue weighted by Gasteiger charge is -2.29. The number of ether oxygens (including phenoxy) is 2. The van der Waals surface area contributed by atoms with Gasteiger partial charge in [0.25, 0.3) is 0 Å². The van der Waals surface area contributed by atoms with Gasteiger partial charge in [0.05, 0.1) is 14.2 Å². The zero-order valence-corrected chi connectivity index (χ0v) is 17.8. The number of carbonyl (C=O) groups is 1. The number of rotatable bonds is 10. The van der Waals surface area contributed by atoms with Gasteiger partial charge < -0.3 is 14.6 Å². The summed E-state index contributed by atoms with van der Waals surface area (Å²) in [5.41, 5.74) is 4.08. The molecule has 2 atom stereocenters. The first-order chi connectivity index (χ1) is 12.8. The highest BCUT2D eigenvalue weighted by Gasteiger charge is 2.36. The molecule has 1 N–H and O–H groups in total. The summed E-state index contributed by atoms with van der Waals surface area (Å²) < 4.78 is 10.3. The van der Waals surface area contributed by atoms with Crippen LogP contribution in [-0.4, -0.2) is 31.2 Å². The van der Waals surface area contributed by atoms with Gasteiger partial charge in [0.15, 0.2) is 5.76 Å². The fourth-order valence-corrected chi connectivity index (χ4v) is 3.26. The molecule has 152 valence electrons. The lowest BCUT2D eigenvalue weighted by atomic mass is 9.85. The molecule has 0 saturated carbocycles. The quantitative estimate of drug-likeness (QED) is 0.529. The van der Waals surface area contributed by atoms with Gasteiger partial charge in [-0.1, -0.05) is 34.9 Å². The van der Waals surface area contributed by atoms with Crippen LogP contribution in [0.5, 0.6) is 0 Å². The second-order valence-electron chi connectivity index (χ2n) is 7.63. The van der Waals surface area contributed by atoms with Crippen LogP contribution >= 0.6 is 0 Å². The maximum Gasteiger partial charge on any atom is 0.202 e. The van der Waals surface area contributed by atoms with Crippen molar-refractivity contribution in [2.24, 2.45) is 5.92 Å². The molecule has 4 nitrogen and oxygen atoms in total. The molecular formula is C23H36O4. The maximum atomic E-state index is 12.2. The highest BCUT2D eigenvalue weighted by molar-refractivity contribution is 5.95. The normalized spacial score (nSPS) is 21.4. The molecule has 0 saturated heterocycles. The average molecular weight is 377 g/mol. The number of allylic oxidation sites excluding steroid dienone is 7. The summed E-state index contributed by atoms with van der Waals surface area (Å²) in [6.07, 6.45) is 11.1. The van der Waals surface area contributed by atoms with Crippen LogP contribution < -0.4 is 0 Å². The number of aliphatic hydroxyl groups is 1. The van der Waals surface area contributed by atoms with E-state index in [2.05, 4.69) is 45.9 Å². The molecule has 4 heteroatoms. The van der Waals surface area contributed by atoms with Crippen LogP contribution in [0.2, 0.25) is 0 Å². The van der Waals surface area contributed by atoms with Crippen LogP contribution in [-0.2, 0) is 14.3 Å². The van der Waals surface area contributed by atoms with Crippen LogP contribution in [0.1, 0.15) is 66.2 Å². The molecule has 0 heterocycles. The van der Waals surface area contributed by atoms with Gasteiger partial charge in [0.2, 0.25) is 11.5 Å². The summed E-state index contributed by atoms with van der Waals surface area (Å²) in [5, 5.41) is 10.5. The smallest absolute Gasteiger partial charge is 0.202 e. The standard InChI is InChI=1S/C23H36O4/c1-16(2)9-7-10-17(3)11-8-12-18(4)13-14-19-15-20(24)22(26-5)23(27-6)21(19)25/h9,11,13,19,21,25H,7-8,10,12,14-15H2,1-6H3/b17-11+,18-13+. The van der Waals surface area contributed by atoms with Gasteiger partial charge in [-0.25, -0.2) is 0 Å². The Labute approximate surface area is 164 Å². The van der Waals surface area contributed by atoms with E-state index in [-0.39, 0.29) is 29.6 Å². The Morgan fingerprint density at radius 1 is 1.00 bits per heavy atom. The van der Waals surface area contributed by atoms with Gasteiger partial charge in [-0.2, -0.15) is 0 Å². The van der Waals surface area contributed by atoms with Gasteiger partial charge in [-0.15, -0.1) is 0 Å². The van der Waals surface area contributed by atoms with E-state index in [0.717, 1.165) is 25.7 Å². The first-order valence-corrected chi connectivity index (χ1v) is 9.78. The number of Topliss-reactive ketones (excluding diaryl/α,β-unsaturated/α-hetero) is 1. The minimum atomic E-state index is -0.802. The topological polar surface area (TPSA) is 55.8 Å². The summed E-state index contributed by atoms with van der Waals surface area (Å²) in [6.45, 7) is 8.56. The van der Waals surface area contributed by atoms with Crippen molar-refractivity contribution in [1.29, 1.82) is 0 Å². The zero-order valence-electron chi connectivity index (χ0n) is 17.8. The highest BCUT2D eigenvalue weighted by atomic mass is 16.5. The third-order valence-corrected chi connectivity index (χ3v) is 4.96. The predicted molar refractivity (Wildman–Crippen MR) is 110 cm³/mol. The third kappa shape index (κ3) is 7.76. The van der Waals surface area contributed by atoms with Crippen molar-refractivity contribution in [3.8, 4) is 0 Å². The molecule has 0 aromatic carbocycles. The summed E-state index contributed by atoms with van der Waals surface area (Å²) in [6, 6.07) is 0. The maximum absolute atomic E-state index is 12.2. The fraction of sp³-hybridized carbons (Fsp3) is 0.609. The van der Waals surface area contributed by atoms with Crippen molar-refractivity contribution in [3.05, 3.63) is 46.5 Å². The van der Waals surface area contributed by atoms with E-state index in [1.807, 2.05) is 0 Å². The number of ketones is 1. The van der Waals surface area contributed by atoms with Gasteiger partial charge >= 0.3 is 0 Å². The lowest BCUT2D eigenvalue weighted by Crippen LogP contribution is -2.33. The van der Waals surface area contributed by atoms with Crippen molar-refractivity contribution in [2.45, 2.75) is 72.3 Å². The summed E-state index contributed by atoms with van der Waals surface area (Å²) in [5.74, 6) is 0.128. The van der Waals surface area contributed by atoms with E-state index in [1.54, 1.807) is 0 Å². The number of methoxy groups -OCH3 is 2. The Bertz CT molecular complexity index is 618. The Balaban J connectivity index is 2.54. The monoisotopic (exact) mass is 376 g/mol. The molecule has 27 heavy (non-hydrogen) atoms. The van der Waals surface area contributed by atoms with E-state index < -0.39 is 6.10 Å². The molecule has 0 bridgehead atoms. The second kappa shape index (κ2) is 11.8. The molecule has 1 aliphatic rings. The predicted octanol–water partition coefficient (Wildman–Crippen LogP) is 5.25. The molecule has 0 fully saturated rings. The van der Waals surface area contributed by atoms with Gasteiger partial charge in [-0.3, -0.25) is 4.79 Å². The summed E-state index contributed by atoms with van der Waals surface area (Å²) in [4.78, 5) is 12.2. The van der Waals surface area contributed by atoms with Crippen molar-refractivity contribution in [1.82, 2.24) is 0 Å². The van der Waals surface area contributed by atoms with E-state index in [1.165, 1.54) is 30.9 Å². The van der Waals surface area contributed by atoms with Gasteiger partial charge in [-0.05, 0) is 59.8 Å². The van der Waals surface area contributed by atoms with Crippen molar-refractivity contribution in [2.75, 3.05) is 14.2 Å². The molecule has 0 aliphatic heterocycles. The van der Waals surface area contributed by atoms with Crippen molar-refractivity contribution in [3.63, 3.8) is 0 Å². The van der Waals surface area contributed by atoms with Crippen LogP contribution in [0, 0.1) is 5.92 Å². The number of hydrogen-bond donors (Lipinski definition) is 1. The van der Waals surface area contributed by atoms with Crippen molar-refractivity contribution >= 4 is 5.78 Å². The SMILES string of the molecule is COC1=C(OC)C(O)C(C/C=C(\C)CC/C=C(\C)CCC=C(C)C)CC1=O. The zero-order chi connectivity index (χ0) is 20.4. The van der Waals surface area contributed by atoms with E-state index in [0.29, 0.717) is 6.42 Å². The van der Waals surface area contributed by atoms with E-state index >= 15 is 0 Å². The summed E-state index contributed by atoms with van der Waals surface area (Å²) in [7, 11) is 2.89. The van der Waals surface area contributed by atoms with Crippen LogP contribution in [0.4, 0.5) is 0 Å². The molecule has 0 radical (unpaired) electrons. The second-order valence-corrected chi connectivity index (χ2v) is 7.63. The van der Waals surface area contributed by atoms with E-state index in [4.69, 9.17) is 9.47 Å². The number of hydrogen-bond acceptors (Lipinski definition) is 4.